The number of benzene rings is 1. The first-order chi connectivity index (χ1) is 10.1. The molecule has 1 atom stereocenters. The number of rotatable bonds is 2. The molecule has 0 saturated heterocycles. The fourth-order valence-electron chi connectivity index (χ4n) is 2.51. The van der Waals surface area contributed by atoms with Crippen molar-refractivity contribution in [2.24, 2.45) is 10.9 Å². The highest BCUT2D eigenvalue weighted by Crippen LogP contribution is 2.34. The molecule has 2 aromatic rings. The number of aromatic amines is 1. The molecule has 1 aliphatic heterocycles. The van der Waals surface area contributed by atoms with Crippen molar-refractivity contribution in [3.8, 4) is 0 Å². The van der Waals surface area contributed by atoms with Crippen LogP contribution >= 0.6 is 0 Å². The fraction of sp³-hybridized carbons (Fsp3) is 0.133. The Morgan fingerprint density at radius 3 is 2.71 bits per heavy atom. The number of ketones is 1. The lowest BCUT2D eigenvalue weighted by Crippen LogP contribution is -2.22. The van der Waals surface area contributed by atoms with E-state index in [9.17, 15) is 19.2 Å². The number of aliphatic imine (C=N–C) groups is 1. The van der Waals surface area contributed by atoms with E-state index in [-0.39, 0.29) is 11.3 Å². The van der Waals surface area contributed by atoms with E-state index < -0.39 is 11.3 Å². The number of H-pyrrole nitrogens is 1. The van der Waals surface area contributed by atoms with Crippen LogP contribution in [-0.2, 0) is 4.79 Å². The summed E-state index contributed by atoms with van der Waals surface area (Å²) in [4.78, 5) is 53.1. The Kier molecular flexibility index (Phi) is 2.86. The minimum Gasteiger partial charge on any atom is -0.358 e. The van der Waals surface area contributed by atoms with E-state index in [1.165, 1.54) is 12.4 Å². The molecule has 1 aromatic carbocycles. The average molecular weight is 282 g/mol. The molecule has 0 saturated carbocycles. The first-order valence-electron chi connectivity index (χ1n) is 6.26. The van der Waals surface area contributed by atoms with Crippen molar-refractivity contribution in [2.75, 3.05) is 0 Å². The average Bonchev–Trinajstić information content (AvgIpc) is 2.48. The molecule has 0 bridgehead atoms. The van der Waals surface area contributed by atoms with Crippen molar-refractivity contribution in [1.29, 1.82) is 0 Å². The number of pyridine rings is 1. The van der Waals surface area contributed by atoms with Crippen molar-refractivity contribution in [3.63, 3.8) is 0 Å². The summed E-state index contributed by atoms with van der Waals surface area (Å²) < 4.78 is 0. The summed E-state index contributed by atoms with van der Waals surface area (Å²) in [5.74, 6) is -1.23. The van der Waals surface area contributed by atoms with Gasteiger partial charge in [-0.2, -0.15) is 0 Å². The van der Waals surface area contributed by atoms with E-state index >= 15 is 0 Å². The van der Waals surface area contributed by atoms with Crippen LogP contribution in [0, 0.1) is 12.8 Å². The molecule has 0 radical (unpaired) electrons. The second-order valence-corrected chi connectivity index (χ2v) is 4.83. The third kappa shape index (κ3) is 1.76. The lowest BCUT2D eigenvalue weighted by Gasteiger charge is -2.17. The number of carbonyl (C=O) groups excluding carboxylic acids is 3. The van der Waals surface area contributed by atoms with Crippen LogP contribution in [0.2, 0.25) is 0 Å². The van der Waals surface area contributed by atoms with Crippen LogP contribution in [0.3, 0.4) is 0 Å². The maximum absolute atomic E-state index is 12.2. The van der Waals surface area contributed by atoms with Crippen molar-refractivity contribution in [1.82, 2.24) is 4.98 Å². The Labute approximate surface area is 118 Å². The molecular weight excluding hydrogens is 272 g/mol. The smallest absolute Gasteiger partial charge is 0.199 e. The first kappa shape index (κ1) is 13.1. The Morgan fingerprint density at radius 1 is 1.29 bits per heavy atom. The zero-order valence-corrected chi connectivity index (χ0v) is 11.0. The highest BCUT2D eigenvalue weighted by molar-refractivity contribution is 6.22. The number of nitrogens with zero attached hydrogens (tertiary/aromatic N) is 1. The van der Waals surface area contributed by atoms with Gasteiger partial charge in [0.2, 0.25) is 0 Å². The molecule has 0 fully saturated rings. The molecule has 0 aliphatic carbocycles. The summed E-state index contributed by atoms with van der Waals surface area (Å²) in [6, 6.07) is 1.54. The van der Waals surface area contributed by atoms with E-state index in [0.29, 0.717) is 40.3 Å². The van der Waals surface area contributed by atoms with Gasteiger partial charge in [-0.3, -0.25) is 19.4 Å². The van der Waals surface area contributed by atoms with Gasteiger partial charge in [-0.1, -0.05) is 0 Å². The molecule has 0 amide bonds. The van der Waals surface area contributed by atoms with Gasteiger partial charge < -0.3 is 9.78 Å². The van der Waals surface area contributed by atoms with Gasteiger partial charge in [-0.05, 0) is 18.6 Å². The van der Waals surface area contributed by atoms with Crippen LogP contribution in [0.25, 0.3) is 10.9 Å². The monoisotopic (exact) mass is 282 g/mol. The van der Waals surface area contributed by atoms with Gasteiger partial charge in [-0.25, -0.2) is 0 Å². The molecule has 1 aliphatic rings. The van der Waals surface area contributed by atoms with Gasteiger partial charge in [0, 0.05) is 23.4 Å². The van der Waals surface area contributed by atoms with Gasteiger partial charge in [-0.15, -0.1) is 0 Å². The highest BCUT2D eigenvalue weighted by Gasteiger charge is 2.28. The third-order valence-corrected chi connectivity index (χ3v) is 3.56. The van der Waals surface area contributed by atoms with Crippen LogP contribution < -0.4 is 5.43 Å². The SMILES string of the molecule is Cc1cc2c(=O)c(C=O)c[nH]c2c2c1C(=O)C(C=O)C=N2. The van der Waals surface area contributed by atoms with Crippen LogP contribution in [-0.4, -0.2) is 29.6 Å². The molecule has 6 heteroatoms. The number of Topliss-reactive ketones (excluding diaryl/α,β-unsaturated/α-hetero) is 1. The van der Waals surface area contributed by atoms with E-state index in [1.54, 1.807) is 13.0 Å². The molecule has 104 valence electrons. The van der Waals surface area contributed by atoms with Gasteiger partial charge in [0.1, 0.15) is 12.2 Å². The molecule has 1 N–H and O–H groups in total. The third-order valence-electron chi connectivity index (χ3n) is 3.56. The Morgan fingerprint density at radius 2 is 2.05 bits per heavy atom. The molecular formula is C15H10N2O4. The van der Waals surface area contributed by atoms with Crippen molar-refractivity contribution < 1.29 is 14.4 Å². The molecule has 1 unspecified atom stereocenters. The minimum absolute atomic E-state index is 0.0127. The number of fused-ring (bicyclic) bond motifs is 3. The molecule has 3 rings (SSSR count). The van der Waals surface area contributed by atoms with E-state index in [0.717, 1.165) is 0 Å². The van der Waals surface area contributed by atoms with Crippen LogP contribution in [0.5, 0.6) is 0 Å². The Bertz CT molecular complexity index is 893. The number of aldehydes is 2. The number of aromatic nitrogens is 1. The topological polar surface area (TPSA) is 96.4 Å². The van der Waals surface area contributed by atoms with Gasteiger partial charge in [0.15, 0.2) is 17.5 Å². The summed E-state index contributed by atoms with van der Waals surface area (Å²) in [5.41, 5.74) is 1.21. The first-order valence-corrected chi connectivity index (χ1v) is 6.26. The van der Waals surface area contributed by atoms with E-state index in [2.05, 4.69) is 9.98 Å². The van der Waals surface area contributed by atoms with Crippen LogP contribution in [0.4, 0.5) is 5.69 Å². The standard InChI is InChI=1S/C15H10N2O4/c1-7-2-10-12(16-3-8(5-18)14(10)20)13-11(7)15(21)9(6-19)4-17-13/h2-6,9H,1H3,(H,16,20). The lowest BCUT2D eigenvalue weighted by atomic mass is 9.90. The normalized spacial score (nSPS) is 16.8. The van der Waals surface area contributed by atoms with Crippen molar-refractivity contribution in [2.45, 2.75) is 6.92 Å². The van der Waals surface area contributed by atoms with Crippen molar-refractivity contribution >= 4 is 41.2 Å². The van der Waals surface area contributed by atoms with Gasteiger partial charge >= 0.3 is 0 Å². The number of hydrogen-bond donors (Lipinski definition) is 1. The lowest BCUT2D eigenvalue weighted by molar-refractivity contribution is -0.108. The zero-order chi connectivity index (χ0) is 15.1. The number of aryl methyl sites for hydroxylation is 1. The Hall–Kier alpha value is -2.89. The maximum Gasteiger partial charge on any atom is 0.199 e. The minimum atomic E-state index is -0.894. The van der Waals surface area contributed by atoms with Gasteiger partial charge in [0.25, 0.3) is 0 Å². The molecule has 2 heterocycles. The highest BCUT2D eigenvalue weighted by atomic mass is 16.1. The van der Waals surface area contributed by atoms with Crippen LogP contribution in [0.15, 0.2) is 22.1 Å². The second kappa shape index (κ2) is 4.59. The summed E-state index contributed by atoms with van der Waals surface area (Å²) in [5, 5.41) is 0.297. The maximum atomic E-state index is 12.2. The van der Waals surface area contributed by atoms with E-state index in [1.807, 2.05) is 0 Å². The largest absolute Gasteiger partial charge is 0.358 e. The molecule has 1 aromatic heterocycles. The van der Waals surface area contributed by atoms with Crippen molar-refractivity contribution in [3.05, 3.63) is 39.2 Å². The molecule has 21 heavy (non-hydrogen) atoms. The predicted octanol–water partition coefficient (Wildman–Crippen LogP) is 1.36. The van der Waals surface area contributed by atoms with E-state index in [4.69, 9.17) is 0 Å². The summed E-state index contributed by atoms with van der Waals surface area (Å²) in [6.07, 6.45) is 3.57. The number of hydrogen-bond acceptors (Lipinski definition) is 5. The quantitative estimate of drug-likeness (QED) is 0.664. The summed E-state index contributed by atoms with van der Waals surface area (Å²) >= 11 is 0. The van der Waals surface area contributed by atoms with Gasteiger partial charge in [0.05, 0.1) is 16.8 Å². The number of carbonyl (C=O) groups is 3. The summed E-state index contributed by atoms with van der Waals surface area (Å²) in [7, 11) is 0. The predicted molar refractivity (Wildman–Crippen MR) is 76.7 cm³/mol. The zero-order valence-electron chi connectivity index (χ0n) is 11.0. The Balaban J connectivity index is 2.44. The molecule has 0 spiro atoms. The number of nitrogens with one attached hydrogen (secondary N) is 1. The second-order valence-electron chi connectivity index (χ2n) is 4.83. The fourth-order valence-corrected chi connectivity index (χ4v) is 2.51. The summed E-state index contributed by atoms with van der Waals surface area (Å²) in [6.45, 7) is 1.67. The molecule has 6 nitrogen and oxygen atoms in total. The van der Waals surface area contributed by atoms with Crippen LogP contribution in [0.1, 0.15) is 26.3 Å².